The molecule has 2 rings (SSSR count). The highest BCUT2D eigenvalue weighted by Gasteiger charge is 2.03. The van der Waals surface area contributed by atoms with Crippen LogP contribution in [0.5, 0.6) is 11.5 Å². The second-order valence-corrected chi connectivity index (χ2v) is 5.08. The predicted octanol–water partition coefficient (Wildman–Crippen LogP) is 4.65. The van der Waals surface area contributed by atoms with Gasteiger partial charge in [-0.25, -0.2) is 0 Å². The summed E-state index contributed by atoms with van der Waals surface area (Å²) in [6.45, 7) is 0.988. The summed E-state index contributed by atoms with van der Waals surface area (Å²) in [5.74, 6) is 2.07. The van der Waals surface area contributed by atoms with E-state index in [1.807, 2.05) is 48.5 Å². The van der Waals surface area contributed by atoms with Crippen LogP contribution in [0.25, 0.3) is 0 Å². The summed E-state index contributed by atoms with van der Waals surface area (Å²) in [5.41, 5.74) is 0.968. The van der Waals surface area contributed by atoms with Gasteiger partial charge < -0.3 is 9.47 Å². The lowest BCUT2D eigenvalue weighted by atomic mass is 10.2. The minimum Gasteiger partial charge on any atom is -0.490 e. The molecule has 2 nitrogen and oxygen atoms in total. The molecule has 0 radical (unpaired) electrons. The summed E-state index contributed by atoms with van der Waals surface area (Å²) in [6, 6.07) is 15.5. The van der Waals surface area contributed by atoms with Crippen molar-refractivity contribution in [3.63, 3.8) is 0 Å². The van der Waals surface area contributed by atoms with Crippen LogP contribution in [0.15, 0.2) is 53.0 Å². The number of benzene rings is 2. The molecule has 0 saturated heterocycles. The van der Waals surface area contributed by atoms with Gasteiger partial charge in [-0.3, -0.25) is 0 Å². The first-order valence-electron chi connectivity index (χ1n) is 5.94. The van der Waals surface area contributed by atoms with Crippen molar-refractivity contribution >= 4 is 27.5 Å². The Balaban J connectivity index is 1.83. The lowest BCUT2D eigenvalue weighted by Crippen LogP contribution is -2.09. The van der Waals surface area contributed by atoms with E-state index < -0.39 is 0 Å². The Labute approximate surface area is 126 Å². The molecule has 0 atom stereocenters. The maximum absolute atomic E-state index is 5.88. The van der Waals surface area contributed by atoms with Crippen molar-refractivity contribution < 1.29 is 9.47 Å². The maximum Gasteiger partial charge on any atom is 0.123 e. The van der Waals surface area contributed by atoms with E-state index >= 15 is 0 Å². The van der Waals surface area contributed by atoms with Gasteiger partial charge in [0.25, 0.3) is 0 Å². The Morgan fingerprint density at radius 2 is 1.68 bits per heavy atom. The summed E-state index contributed by atoms with van der Waals surface area (Å²) >= 11 is 9.29. The summed E-state index contributed by atoms with van der Waals surface area (Å²) in [5, 5.41) is 0. The molecule has 0 heterocycles. The molecular weight excluding hydrogens is 328 g/mol. The molecule has 2 aromatic carbocycles. The molecule has 0 saturated carbocycles. The number of ether oxygens (including phenoxy) is 2. The minimum absolute atomic E-state index is 0.425. The molecule has 0 fully saturated rings. The van der Waals surface area contributed by atoms with Crippen LogP contribution in [0, 0.1) is 0 Å². The van der Waals surface area contributed by atoms with E-state index in [0.717, 1.165) is 21.5 Å². The normalized spacial score (nSPS) is 10.2. The van der Waals surface area contributed by atoms with Gasteiger partial charge in [0.05, 0.1) is 5.88 Å². The van der Waals surface area contributed by atoms with E-state index in [1.165, 1.54) is 0 Å². The van der Waals surface area contributed by atoms with Gasteiger partial charge in [-0.2, -0.15) is 0 Å². The quantitative estimate of drug-likeness (QED) is 0.562. The van der Waals surface area contributed by atoms with Crippen LogP contribution in [0.2, 0.25) is 0 Å². The van der Waals surface area contributed by atoms with Gasteiger partial charge in [-0.05, 0) is 30.3 Å². The Morgan fingerprint density at radius 1 is 0.947 bits per heavy atom. The topological polar surface area (TPSA) is 18.5 Å². The zero-order valence-electron chi connectivity index (χ0n) is 10.3. The van der Waals surface area contributed by atoms with Crippen molar-refractivity contribution in [3.05, 3.63) is 58.6 Å². The maximum atomic E-state index is 5.88. The Hall–Kier alpha value is -1.19. The third kappa shape index (κ3) is 4.44. The Kier molecular flexibility index (Phi) is 5.55. The van der Waals surface area contributed by atoms with E-state index in [2.05, 4.69) is 15.9 Å². The fraction of sp³-hybridized carbons (Fsp3) is 0.200. The van der Waals surface area contributed by atoms with Crippen LogP contribution in [0.1, 0.15) is 5.56 Å². The van der Waals surface area contributed by atoms with Crippen molar-refractivity contribution in [1.29, 1.82) is 0 Å². The molecular formula is C15H14BrClO2. The standard InChI is InChI=1S/C15H14BrClO2/c16-13-6-7-15(12(10-13)11-17)19-9-8-18-14-4-2-1-3-5-14/h1-7,10H,8-9,11H2. The molecule has 0 bridgehead atoms. The van der Waals surface area contributed by atoms with Crippen LogP contribution in [0.4, 0.5) is 0 Å². The van der Waals surface area contributed by atoms with Crippen molar-refractivity contribution in [2.75, 3.05) is 13.2 Å². The number of hydrogen-bond acceptors (Lipinski definition) is 2. The van der Waals surface area contributed by atoms with Gasteiger partial charge >= 0.3 is 0 Å². The largest absolute Gasteiger partial charge is 0.490 e. The van der Waals surface area contributed by atoms with Crippen LogP contribution >= 0.6 is 27.5 Å². The van der Waals surface area contributed by atoms with Gasteiger partial charge in [-0.1, -0.05) is 34.1 Å². The molecule has 0 aromatic heterocycles. The predicted molar refractivity (Wildman–Crippen MR) is 81.1 cm³/mol. The summed E-state index contributed by atoms with van der Waals surface area (Å²) in [4.78, 5) is 0. The third-order valence-corrected chi connectivity index (χ3v) is 3.30. The molecule has 0 aliphatic rings. The van der Waals surface area contributed by atoms with E-state index in [0.29, 0.717) is 19.1 Å². The van der Waals surface area contributed by atoms with Crippen molar-refractivity contribution in [1.82, 2.24) is 0 Å². The van der Waals surface area contributed by atoms with Gasteiger partial charge in [0, 0.05) is 10.0 Å². The summed E-state index contributed by atoms with van der Waals surface area (Å²) < 4.78 is 12.2. The first kappa shape index (κ1) is 14.2. The highest BCUT2D eigenvalue weighted by atomic mass is 79.9. The van der Waals surface area contributed by atoms with Crippen LogP contribution in [-0.2, 0) is 5.88 Å². The monoisotopic (exact) mass is 340 g/mol. The first-order valence-corrected chi connectivity index (χ1v) is 7.27. The third-order valence-electron chi connectivity index (χ3n) is 2.52. The Morgan fingerprint density at radius 3 is 2.42 bits per heavy atom. The molecule has 0 N–H and O–H groups in total. The van der Waals surface area contributed by atoms with Gasteiger partial charge in [0.1, 0.15) is 24.7 Å². The van der Waals surface area contributed by atoms with Crippen LogP contribution in [-0.4, -0.2) is 13.2 Å². The molecule has 4 heteroatoms. The van der Waals surface area contributed by atoms with Crippen molar-refractivity contribution in [2.45, 2.75) is 5.88 Å². The second kappa shape index (κ2) is 7.41. The zero-order valence-corrected chi connectivity index (χ0v) is 12.7. The average molecular weight is 342 g/mol. The number of halogens is 2. The molecule has 100 valence electrons. The number of rotatable bonds is 6. The molecule has 19 heavy (non-hydrogen) atoms. The zero-order chi connectivity index (χ0) is 13.5. The Bertz CT molecular complexity index is 517. The summed E-state index contributed by atoms with van der Waals surface area (Å²) in [7, 11) is 0. The van der Waals surface area contributed by atoms with Gasteiger partial charge in [-0.15, -0.1) is 11.6 Å². The summed E-state index contributed by atoms with van der Waals surface area (Å²) in [6.07, 6.45) is 0. The number of alkyl halides is 1. The molecule has 0 aliphatic carbocycles. The molecule has 0 aliphatic heterocycles. The van der Waals surface area contributed by atoms with E-state index in [1.54, 1.807) is 0 Å². The average Bonchev–Trinajstić information content (AvgIpc) is 2.46. The minimum atomic E-state index is 0.425. The molecule has 0 amide bonds. The van der Waals surface area contributed by atoms with E-state index in [4.69, 9.17) is 21.1 Å². The lowest BCUT2D eigenvalue weighted by molar-refractivity contribution is 0.216. The number of para-hydroxylation sites is 1. The highest BCUT2D eigenvalue weighted by Crippen LogP contribution is 2.24. The van der Waals surface area contributed by atoms with Gasteiger partial charge in [0.2, 0.25) is 0 Å². The molecule has 0 unspecified atom stereocenters. The molecule has 0 spiro atoms. The highest BCUT2D eigenvalue weighted by molar-refractivity contribution is 9.10. The van der Waals surface area contributed by atoms with Crippen molar-refractivity contribution in [2.24, 2.45) is 0 Å². The van der Waals surface area contributed by atoms with Crippen molar-refractivity contribution in [3.8, 4) is 11.5 Å². The van der Waals surface area contributed by atoms with Gasteiger partial charge in [0.15, 0.2) is 0 Å². The van der Waals surface area contributed by atoms with Crippen LogP contribution in [0.3, 0.4) is 0 Å². The smallest absolute Gasteiger partial charge is 0.123 e. The first-order chi connectivity index (χ1) is 9.29. The SMILES string of the molecule is ClCc1cc(Br)ccc1OCCOc1ccccc1. The lowest BCUT2D eigenvalue weighted by Gasteiger charge is -2.11. The number of hydrogen-bond donors (Lipinski definition) is 0. The fourth-order valence-electron chi connectivity index (χ4n) is 1.62. The molecule has 2 aromatic rings. The second-order valence-electron chi connectivity index (χ2n) is 3.90. The fourth-order valence-corrected chi connectivity index (χ4v) is 2.24. The van der Waals surface area contributed by atoms with Crippen LogP contribution < -0.4 is 9.47 Å². The van der Waals surface area contributed by atoms with E-state index in [-0.39, 0.29) is 0 Å². The van der Waals surface area contributed by atoms with E-state index in [9.17, 15) is 0 Å².